The molecule has 1 N–H and O–H groups in total. The first-order chi connectivity index (χ1) is 7.15. The van der Waals surface area contributed by atoms with Crippen LogP contribution >= 0.6 is 0 Å². The highest BCUT2D eigenvalue weighted by Gasteiger charge is 2.03. The molecule has 0 bridgehead atoms. The molecule has 1 aromatic carbocycles. The highest BCUT2D eigenvalue weighted by atomic mass is 16.5. The van der Waals surface area contributed by atoms with Crippen molar-refractivity contribution in [3.63, 3.8) is 0 Å². The topological polar surface area (TPSA) is 21.3 Å². The number of benzene rings is 1. The lowest BCUT2D eigenvalue weighted by Gasteiger charge is -2.11. The molecule has 2 nitrogen and oxygen atoms in total. The SMILES string of the molecule is CNCCOCc1c(C)cc(C)cc1C. The molecule has 2 heteroatoms. The predicted molar refractivity (Wildman–Crippen MR) is 64.2 cm³/mol. The minimum absolute atomic E-state index is 0.722. The second-order valence-electron chi connectivity index (χ2n) is 4.03. The van der Waals surface area contributed by atoms with E-state index in [4.69, 9.17) is 4.74 Å². The zero-order valence-corrected chi connectivity index (χ0v) is 10.2. The van der Waals surface area contributed by atoms with E-state index >= 15 is 0 Å². The van der Waals surface area contributed by atoms with Gasteiger partial charge in [0.15, 0.2) is 0 Å². The van der Waals surface area contributed by atoms with Crippen molar-refractivity contribution in [2.24, 2.45) is 0 Å². The Morgan fingerprint density at radius 3 is 2.27 bits per heavy atom. The van der Waals surface area contributed by atoms with E-state index in [0.717, 1.165) is 19.8 Å². The largest absolute Gasteiger partial charge is 0.375 e. The molecule has 15 heavy (non-hydrogen) atoms. The van der Waals surface area contributed by atoms with Gasteiger partial charge in [0, 0.05) is 6.54 Å². The van der Waals surface area contributed by atoms with E-state index in [1.165, 1.54) is 22.3 Å². The van der Waals surface area contributed by atoms with Crippen molar-refractivity contribution in [3.05, 3.63) is 34.4 Å². The lowest BCUT2D eigenvalue weighted by atomic mass is 10.0. The maximum absolute atomic E-state index is 5.60. The van der Waals surface area contributed by atoms with Gasteiger partial charge in [-0.05, 0) is 44.5 Å². The molecule has 0 amide bonds. The average Bonchev–Trinajstić information content (AvgIpc) is 2.15. The Morgan fingerprint density at radius 1 is 1.13 bits per heavy atom. The van der Waals surface area contributed by atoms with Gasteiger partial charge >= 0.3 is 0 Å². The van der Waals surface area contributed by atoms with E-state index in [-0.39, 0.29) is 0 Å². The molecule has 0 fully saturated rings. The Hall–Kier alpha value is -0.860. The monoisotopic (exact) mass is 207 g/mol. The molecule has 0 radical (unpaired) electrons. The Morgan fingerprint density at radius 2 is 1.73 bits per heavy atom. The molecular formula is C13H21NO. The molecule has 0 saturated carbocycles. The van der Waals surface area contributed by atoms with E-state index in [2.05, 4.69) is 38.2 Å². The van der Waals surface area contributed by atoms with Crippen LogP contribution in [0.15, 0.2) is 12.1 Å². The van der Waals surface area contributed by atoms with Gasteiger partial charge in [0.2, 0.25) is 0 Å². The van der Waals surface area contributed by atoms with Crippen molar-refractivity contribution < 1.29 is 4.74 Å². The standard InChI is InChI=1S/C13H21NO/c1-10-7-11(2)13(12(3)8-10)9-15-6-5-14-4/h7-8,14H,5-6,9H2,1-4H3. The van der Waals surface area contributed by atoms with Crippen molar-refractivity contribution in [1.82, 2.24) is 5.32 Å². The minimum Gasteiger partial charge on any atom is -0.375 e. The maximum Gasteiger partial charge on any atom is 0.0722 e. The summed E-state index contributed by atoms with van der Waals surface area (Å²) in [5, 5.41) is 3.07. The quantitative estimate of drug-likeness (QED) is 0.748. The maximum atomic E-state index is 5.60. The molecule has 1 aromatic rings. The fourth-order valence-corrected chi connectivity index (χ4v) is 1.79. The lowest BCUT2D eigenvalue weighted by molar-refractivity contribution is 0.123. The fourth-order valence-electron chi connectivity index (χ4n) is 1.79. The summed E-state index contributed by atoms with van der Waals surface area (Å²) in [5.41, 5.74) is 5.31. The molecule has 1 rings (SSSR count). The van der Waals surface area contributed by atoms with Gasteiger partial charge in [-0.25, -0.2) is 0 Å². The van der Waals surface area contributed by atoms with Crippen LogP contribution in [0.1, 0.15) is 22.3 Å². The molecule has 0 aromatic heterocycles. The summed E-state index contributed by atoms with van der Waals surface area (Å²) < 4.78 is 5.60. The number of hydrogen-bond acceptors (Lipinski definition) is 2. The summed E-state index contributed by atoms with van der Waals surface area (Å²) in [7, 11) is 1.94. The van der Waals surface area contributed by atoms with E-state index in [1.807, 2.05) is 7.05 Å². The number of rotatable bonds is 5. The van der Waals surface area contributed by atoms with Crippen LogP contribution in [0.3, 0.4) is 0 Å². The fraction of sp³-hybridized carbons (Fsp3) is 0.538. The molecular weight excluding hydrogens is 186 g/mol. The Labute approximate surface area is 92.6 Å². The summed E-state index contributed by atoms with van der Waals surface area (Å²) in [6.45, 7) is 8.83. The molecule has 0 atom stereocenters. The van der Waals surface area contributed by atoms with E-state index in [1.54, 1.807) is 0 Å². The van der Waals surface area contributed by atoms with Crippen LogP contribution in [0, 0.1) is 20.8 Å². The summed E-state index contributed by atoms with van der Waals surface area (Å²) in [6.07, 6.45) is 0. The van der Waals surface area contributed by atoms with Gasteiger partial charge in [0.1, 0.15) is 0 Å². The van der Waals surface area contributed by atoms with Crippen LogP contribution < -0.4 is 5.32 Å². The Balaban J connectivity index is 2.60. The van der Waals surface area contributed by atoms with Gasteiger partial charge in [-0.2, -0.15) is 0 Å². The Bertz CT molecular complexity index is 297. The summed E-state index contributed by atoms with van der Waals surface area (Å²) in [6, 6.07) is 4.42. The highest BCUT2D eigenvalue weighted by molar-refractivity contribution is 5.36. The second kappa shape index (κ2) is 5.89. The highest BCUT2D eigenvalue weighted by Crippen LogP contribution is 2.16. The van der Waals surface area contributed by atoms with Crippen molar-refractivity contribution in [2.45, 2.75) is 27.4 Å². The molecule has 0 aliphatic heterocycles. The smallest absolute Gasteiger partial charge is 0.0722 e. The molecule has 0 spiro atoms. The van der Waals surface area contributed by atoms with Crippen LogP contribution in [0.25, 0.3) is 0 Å². The number of nitrogens with one attached hydrogen (secondary N) is 1. The van der Waals surface area contributed by atoms with Gasteiger partial charge in [-0.3, -0.25) is 0 Å². The molecule has 0 aliphatic carbocycles. The molecule has 0 aliphatic rings. The van der Waals surface area contributed by atoms with Crippen molar-refractivity contribution in [2.75, 3.05) is 20.2 Å². The zero-order chi connectivity index (χ0) is 11.3. The van der Waals surface area contributed by atoms with Crippen LogP contribution in [-0.2, 0) is 11.3 Å². The minimum atomic E-state index is 0.722. The van der Waals surface area contributed by atoms with Gasteiger partial charge in [0.25, 0.3) is 0 Å². The first-order valence-electron chi connectivity index (χ1n) is 5.44. The second-order valence-corrected chi connectivity index (χ2v) is 4.03. The van der Waals surface area contributed by atoms with E-state index in [9.17, 15) is 0 Å². The molecule has 84 valence electrons. The van der Waals surface area contributed by atoms with Crippen LogP contribution in [-0.4, -0.2) is 20.2 Å². The summed E-state index contributed by atoms with van der Waals surface area (Å²) in [4.78, 5) is 0. The summed E-state index contributed by atoms with van der Waals surface area (Å²) in [5.74, 6) is 0. The predicted octanol–water partition coefficient (Wildman–Crippen LogP) is 2.35. The zero-order valence-electron chi connectivity index (χ0n) is 10.2. The van der Waals surface area contributed by atoms with Crippen molar-refractivity contribution in [1.29, 1.82) is 0 Å². The van der Waals surface area contributed by atoms with Crippen molar-refractivity contribution in [3.8, 4) is 0 Å². The average molecular weight is 207 g/mol. The third kappa shape index (κ3) is 3.65. The van der Waals surface area contributed by atoms with Gasteiger partial charge in [-0.15, -0.1) is 0 Å². The molecule has 0 saturated heterocycles. The lowest BCUT2D eigenvalue weighted by Crippen LogP contribution is -2.14. The number of likely N-dealkylation sites (N-methyl/N-ethyl adjacent to an activating group) is 1. The first-order valence-corrected chi connectivity index (χ1v) is 5.44. The third-order valence-corrected chi connectivity index (χ3v) is 2.58. The van der Waals surface area contributed by atoms with E-state index < -0.39 is 0 Å². The van der Waals surface area contributed by atoms with Crippen LogP contribution in [0.5, 0.6) is 0 Å². The summed E-state index contributed by atoms with van der Waals surface area (Å²) >= 11 is 0. The number of hydrogen-bond donors (Lipinski definition) is 1. The van der Waals surface area contributed by atoms with Gasteiger partial charge < -0.3 is 10.1 Å². The normalized spacial score (nSPS) is 10.7. The first kappa shape index (κ1) is 12.2. The molecule has 0 unspecified atom stereocenters. The third-order valence-electron chi connectivity index (χ3n) is 2.58. The van der Waals surface area contributed by atoms with Crippen molar-refractivity contribution >= 4 is 0 Å². The number of aryl methyl sites for hydroxylation is 3. The van der Waals surface area contributed by atoms with E-state index in [0.29, 0.717) is 0 Å². The number of ether oxygens (including phenoxy) is 1. The van der Waals surface area contributed by atoms with Crippen LogP contribution in [0.4, 0.5) is 0 Å². The van der Waals surface area contributed by atoms with Crippen LogP contribution in [0.2, 0.25) is 0 Å². The Kier molecular flexibility index (Phi) is 4.79. The molecule has 0 heterocycles. The van der Waals surface area contributed by atoms with Gasteiger partial charge in [0.05, 0.1) is 13.2 Å². The van der Waals surface area contributed by atoms with Gasteiger partial charge in [-0.1, -0.05) is 17.7 Å².